The molecule has 0 unspecified atom stereocenters. The number of fused-ring (bicyclic) bond motifs is 1. The van der Waals surface area contributed by atoms with E-state index in [1.165, 1.54) is 18.3 Å². The van der Waals surface area contributed by atoms with Gasteiger partial charge in [-0.15, -0.1) is 0 Å². The average molecular weight is 537 g/mol. The largest absolute Gasteiger partial charge is 0.337 e. The lowest BCUT2D eigenvalue weighted by molar-refractivity contribution is -0.384. The van der Waals surface area contributed by atoms with Gasteiger partial charge in [-0.3, -0.25) is 15.5 Å². The lowest BCUT2D eigenvalue weighted by Crippen LogP contribution is -2.03. The van der Waals surface area contributed by atoms with Crippen LogP contribution in [0, 0.1) is 13.7 Å². The van der Waals surface area contributed by atoms with Crippen molar-refractivity contribution in [1.82, 2.24) is 20.3 Å². The topological polar surface area (TPSA) is 144 Å². The van der Waals surface area contributed by atoms with Gasteiger partial charge in [-0.05, 0) is 63.2 Å². The number of hydrogen-bond acceptors (Lipinski definition) is 10. The number of anilines is 3. The van der Waals surface area contributed by atoms with Crippen LogP contribution >= 0.6 is 34.2 Å². The molecule has 4 aromatic rings. The minimum Gasteiger partial charge on any atom is -0.337 e. The van der Waals surface area contributed by atoms with Crippen molar-refractivity contribution in [3.8, 4) is 0 Å². The summed E-state index contributed by atoms with van der Waals surface area (Å²) < 4.78 is 5.75. The molecule has 2 aromatic carbocycles. The number of hydrazone groups is 1. The Hall–Kier alpha value is -3.39. The predicted molar refractivity (Wildman–Crippen MR) is 119 cm³/mol. The van der Waals surface area contributed by atoms with Crippen molar-refractivity contribution in [3.63, 3.8) is 0 Å². The summed E-state index contributed by atoms with van der Waals surface area (Å²) in [5.41, 5.74) is 4.23. The lowest BCUT2D eigenvalue weighted by Gasteiger charge is -2.09. The molecule has 11 nitrogen and oxygen atoms in total. The second-order valence-electron chi connectivity index (χ2n) is 5.80. The Morgan fingerprint density at radius 1 is 1.10 bits per heavy atom. The second kappa shape index (κ2) is 8.54. The van der Waals surface area contributed by atoms with Gasteiger partial charge < -0.3 is 5.32 Å². The molecule has 0 aliphatic rings. The highest BCUT2D eigenvalue weighted by atomic mass is 127. The van der Waals surface area contributed by atoms with Gasteiger partial charge in [0.1, 0.15) is 5.02 Å². The number of aromatic nitrogens is 4. The molecule has 0 saturated heterocycles. The first-order valence-corrected chi connectivity index (χ1v) is 9.71. The molecule has 0 aliphatic carbocycles. The Labute approximate surface area is 186 Å². The third-order valence-corrected chi connectivity index (χ3v) is 4.81. The van der Waals surface area contributed by atoms with Crippen molar-refractivity contribution < 1.29 is 9.55 Å². The number of halogens is 2. The van der Waals surface area contributed by atoms with Crippen molar-refractivity contribution in [2.75, 3.05) is 10.7 Å². The molecule has 0 bridgehead atoms. The quantitative estimate of drug-likeness (QED) is 0.159. The van der Waals surface area contributed by atoms with Crippen LogP contribution in [-0.2, 0) is 0 Å². The Balaban J connectivity index is 1.61. The maximum Gasteiger partial charge on any atom is 0.288 e. The molecule has 2 aromatic heterocycles. The average Bonchev–Trinajstić information content (AvgIpc) is 3.18. The fourth-order valence-corrected chi connectivity index (χ4v) is 2.94. The number of rotatable bonds is 6. The zero-order chi connectivity index (χ0) is 21.1. The van der Waals surface area contributed by atoms with Crippen LogP contribution in [0.3, 0.4) is 0 Å². The Morgan fingerprint density at radius 2 is 1.80 bits per heavy atom. The first kappa shape index (κ1) is 19.9. The zero-order valence-corrected chi connectivity index (χ0v) is 17.7. The van der Waals surface area contributed by atoms with E-state index in [0.29, 0.717) is 11.4 Å². The van der Waals surface area contributed by atoms with Crippen molar-refractivity contribution in [2.45, 2.75) is 0 Å². The van der Waals surface area contributed by atoms with Crippen molar-refractivity contribution in [2.24, 2.45) is 5.10 Å². The molecule has 0 saturated carbocycles. The summed E-state index contributed by atoms with van der Waals surface area (Å²) in [6.07, 6.45) is 1.39. The molecule has 4 rings (SSSR count). The molecule has 0 fully saturated rings. The fraction of sp³-hybridized carbons (Fsp3) is 0. The number of benzene rings is 2. The van der Waals surface area contributed by atoms with E-state index in [9.17, 15) is 10.1 Å². The van der Waals surface area contributed by atoms with E-state index in [0.717, 1.165) is 9.26 Å². The molecule has 0 radical (unpaired) electrons. The highest BCUT2D eigenvalue weighted by Gasteiger charge is 2.14. The minimum absolute atomic E-state index is 0.0453. The fourth-order valence-electron chi connectivity index (χ4n) is 2.39. The number of nitro groups is 1. The summed E-state index contributed by atoms with van der Waals surface area (Å²) in [6, 6.07) is 12.0. The van der Waals surface area contributed by atoms with Crippen LogP contribution in [0.15, 0.2) is 52.2 Å². The van der Waals surface area contributed by atoms with Gasteiger partial charge in [0.25, 0.3) is 5.69 Å². The number of nitrogens with one attached hydrogen (secondary N) is 2. The van der Waals surface area contributed by atoms with Crippen LogP contribution in [-0.4, -0.2) is 31.4 Å². The molecule has 2 N–H and O–H groups in total. The van der Waals surface area contributed by atoms with Crippen LogP contribution < -0.4 is 10.7 Å². The molecule has 150 valence electrons. The highest BCUT2D eigenvalue weighted by Crippen LogP contribution is 2.26. The normalized spacial score (nSPS) is 11.1. The van der Waals surface area contributed by atoms with Crippen LogP contribution in [0.5, 0.6) is 0 Å². The molecule has 13 heteroatoms. The van der Waals surface area contributed by atoms with E-state index >= 15 is 0 Å². The molecule has 0 amide bonds. The predicted octanol–water partition coefficient (Wildman–Crippen LogP) is 4.37. The van der Waals surface area contributed by atoms with E-state index in [-0.39, 0.29) is 27.8 Å². The number of hydrogen-bond donors (Lipinski definition) is 2. The Morgan fingerprint density at radius 3 is 2.50 bits per heavy atom. The van der Waals surface area contributed by atoms with Gasteiger partial charge in [-0.1, -0.05) is 17.7 Å². The van der Waals surface area contributed by atoms with Crippen LogP contribution in [0.1, 0.15) is 5.56 Å². The maximum atomic E-state index is 11.0. The molecule has 2 heterocycles. The van der Waals surface area contributed by atoms with E-state index < -0.39 is 4.92 Å². The molecule has 0 atom stereocenters. The molecule has 30 heavy (non-hydrogen) atoms. The minimum atomic E-state index is -0.562. The summed E-state index contributed by atoms with van der Waals surface area (Å²) in [7, 11) is 0. The highest BCUT2D eigenvalue weighted by molar-refractivity contribution is 14.1. The summed E-state index contributed by atoms with van der Waals surface area (Å²) in [4.78, 5) is 19.1. The summed E-state index contributed by atoms with van der Waals surface area (Å²) in [5, 5.41) is 25.7. The maximum absolute atomic E-state index is 11.0. The summed E-state index contributed by atoms with van der Waals surface area (Å²) in [6.45, 7) is 0. The number of nitrogens with zero attached hydrogens (tertiary/aromatic N) is 6. The Bertz CT molecular complexity index is 1260. The van der Waals surface area contributed by atoms with Gasteiger partial charge in [0.2, 0.25) is 11.3 Å². The Kier molecular flexibility index (Phi) is 5.67. The van der Waals surface area contributed by atoms with E-state index in [2.05, 4.69) is 63.3 Å². The summed E-state index contributed by atoms with van der Waals surface area (Å²) >= 11 is 8.03. The SMILES string of the molecule is O=[N+]([O-])c1cc(/C=N\Nc2nc3nonc3nc2Nc2ccc(I)cc2)ccc1Cl. The van der Waals surface area contributed by atoms with Crippen molar-refractivity contribution >= 4 is 74.7 Å². The van der Waals surface area contributed by atoms with E-state index in [1.807, 2.05) is 24.3 Å². The smallest absolute Gasteiger partial charge is 0.288 e. The lowest BCUT2D eigenvalue weighted by atomic mass is 10.2. The number of nitro benzene ring substituents is 1. The first-order chi connectivity index (χ1) is 14.5. The van der Waals surface area contributed by atoms with E-state index in [4.69, 9.17) is 11.6 Å². The van der Waals surface area contributed by atoms with Crippen LogP contribution in [0.4, 0.5) is 23.0 Å². The van der Waals surface area contributed by atoms with Gasteiger partial charge >= 0.3 is 0 Å². The van der Waals surface area contributed by atoms with Gasteiger partial charge in [-0.25, -0.2) is 9.61 Å². The molecule has 0 aliphatic heterocycles. The third-order valence-electron chi connectivity index (χ3n) is 3.77. The molecular weight excluding hydrogens is 527 g/mol. The van der Waals surface area contributed by atoms with Crippen LogP contribution in [0.25, 0.3) is 11.3 Å². The van der Waals surface area contributed by atoms with Crippen molar-refractivity contribution in [3.05, 3.63) is 66.7 Å². The van der Waals surface area contributed by atoms with Gasteiger partial charge in [-0.2, -0.15) is 10.1 Å². The summed E-state index contributed by atoms with van der Waals surface area (Å²) in [5.74, 6) is 0.607. The van der Waals surface area contributed by atoms with Crippen molar-refractivity contribution in [1.29, 1.82) is 0 Å². The monoisotopic (exact) mass is 536 g/mol. The van der Waals surface area contributed by atoms with Crippen LogP contribution in [0.2, 0.25) is 5.02 Å². The van der Waals surface area contributed by atoms with Gasteiger partial charge in [0.15, 0.2) is 11.6 Å². The van der Waals surface area contributed by atoms with Gasteiger partial charge in [0, 0.05) is 20.9 Å². The second-order valence-corrected chi connectivity index (χ2v) is 7.45. The first-order valence-electron chi connectivity index (χ1n) is 8.25. The third kappa shape index (κ3) is 4.44. The molecular formula is C17H10ClIN8O3. The van der Waals surface area contributed by atoms with E-state index in [1.54, 1.807) is 6.07 Å². The van der Waals surface area contributed by atoms with Gasteiger partial charge in [0.05, 0.1) is 11.1 Å². The zero-order valence-electron chi connectivity index (χ0n) is 14.8. The molecule has 0 spiro atoms. The standard InChI is InChI=1S/C17H10ClIN8O3/c18-12-6-1-9(7-13(12)27(28)29)8-20-24-15-14(21-11-4-2-10(19)3-5-11)22-16-17(23-15)26-30-25-16/h1-8H,(H,21,22,25)(H,23,24,26)/b20-8-.